The van der Waals surface area contributed by atoms with Gasteiger partial charge < -0.3 is 10.4 Å². The van der Waals surface area contributed by atoms with Gasteiger partial charge in [0.1, 0.15) is 6.04 Å². The fourth-order valence-corrected chi connectivity index (χ4v) is 1.62. The molecule has 2 unspecified atom stereocenters. The molecule has 98 valence electrons. The van der Waals surface area contributed by atoms with Crippen molar-refractivity contribution >= 4 is 11.9 Å². The first-order valence-electron chi connectivity index (χ1n) is 6.33. The lowest BCUT2D eigenvalue weighted by Crippen LogP contribution is -2.49. The Morgan fingerprint density at radius 2 is 2.06 bits per heavy atom. The summed E-state index contributed by atoms with van der Waals surface area (Å²) in [5.74, 6) is -0.986. The third kappa shape index (κ3) is 5.17. The number of hydrogen-bond donors (Lipinski definition) is 3. The van der Waals surface area contributed by atoms with E-state index in [-0.39, 0.29) is 5.91 Å². The van der Waals surface area contributed by atoms with Crippen LogP contribution in [0.4, 0.5) is 0 Å². The maximum Gasteiger partial charge on any atom is 0.320 e. The van der Waals surface area contributed by atoms with Crippen molar-refractivity contribution in [2.45, 2.75) is 64.1 Å². The van der Waals surface area contributed by atoms with Gasteiger partial charge in [-0.25, -0.2) is 0 Å². The van der Waals surface area contributed by atoms with E-state index < -0.39 is 18.1 Å². The summed E-state index contributed by atoms with van der Waals surface area (Å²) >= 11 is 0. The fourth-order valence-electron chi connectivity index (χ4n) is 1.62. The van der Waals surface area contributed by atoms with Gasteiger partial charge in [0, 0.05) is 6.04 Å². The first-order valence-corrected chi connectivity index (χ1v) is 6.33. The number of hydrogen-bond acceptors (Lipinski definition) is 3. The van der Waals surface area contributed by atoms with Crippen LogP contribution in [0.2, 0.25) is 0 Å². The molecule has 1 saturated carbocycles. The summed E-state index contributed by atoms with van der Waals surface area (Å²) in [5.41, 5.74) is 0. The predicted octanol–water partition coefficient (Wildman–Crippen LogP) is 0.886. The molecule has 0 aromatic rings. The zero-order valence-electron chi connectivity index (χ0n) is 10.5. The zero-order valence-corrected chi connectivity index (χ0v) is 10.5. The van der Waals surface area contributed by atoms with Crippen molar-refractivity contribution in [3.8, 4) is 0 Å². The minimum Gasteiger partial charge on any atom is -0.480 e. The summed E-state index contributed by atoms with van der Waals surface area (Å²) in [6.45, 7) is 3.72. The molecule has 0 aliphatic heterocycles. The number of carbonyl (C=O) groups excluding carboxylic acids is 1. The minimum absolute atomic E-state index is 0.102. The van der Waals surface area contributed by atoms with Crippen LogP contribution in [-0.4, -0.2) is 35.1 Å². The lowest BCUT2D eigenvalue weighted by molar-refractivity contribution is -0.140. The highest BCUT2D eigenvalue weighted by Crippen LogP contribution is 2.18. The normalized spacial score (nSPS) is 18.5. The molecule has 2 atom stereocenters. The van der Waals surface area contributed by atoms with Crippen molar-refractivity contribution < 1.29 is 14.7 Å². The van der Waals surface area contributed by atoms with E-state index >= 15 is 0 Å². The first kappa shape index (κ1) is 14.0. The Hall–Kier alpha value is -1.10. The highest BCUT2D eigenvalue weighted by molar-refractivity contribution is 5.83. The van der Waals surface area contributed by atoms with Gasteiger partial charge in [-0.1, -0.05) is 19.8 Å². The predicted molar refractivity (Wildman–Crippen MR) is 64.7 cm³/mol. The summed E-state index contributed by atoms with van der Waals surface area (Å²) in [4.78, 5) is 22.7. The second kappa shape index (κ2) is 6.59. The second-order valence-electron chi connectivity index (χ2n) is 4.70. The standard InChI is InChI=1S/C12H22N2O3/c1-3-4-5-10(12(16)17)13-8(2)11(15)14-9-6-7-9/h8-10,13H,3-7H2,1-2H3,(H,14,15)(H,16,17). The zero-order chi connectivity index (χ0) is 12.8. The molecule has 0 radical (unpaired) electrons. The lowest BCUT2D eigenvalue weighted by atomic mass is 10.1. The van der Waals surface area contributed by atoms with Crippen molar-refractivity contribution in [3.63, 3.8) is 0 Å². The quantitative estimate of drug-likeness (QED) is 0.590. The Balaban J connectivity index is 2.35. The van der Waals surface area contributed by atoms with Crippen LogP contribution in [0.1, 0.15) is 46.0 Å². The molecular weight excluding hydrogens is 220 g/mol. The van der Waals surface area contributed by atoms with Gasteiger partial charge in [0.2, 0.25) is 5.91 Å². The van der Waals surface area contributed by atoms with E-state index in [9.17, 15) is 9.59 Å². The van der Waals surface area contributed by atoms with E-state index in [1.807, 2.05) is 6.92 Å². The van der Waals surface area contributed by atoms with Crippen LogP contribution < -0.4 is 10.6 Å². The van der Waals surface area contributed by atoms with E-state index in [0.717, 1.165) is 25.7 Å². The first-order chi connectivity index (χ1) is 8.04. The average Bonchev–Trinajstić information content (AvgIpc) is 3.07. The van der Waals surface area contributed by atoms with Crippen LogP contribution >= 0.6 is 0 Å². The van der Waals surface area contributed by atoms with Crippen LogP contribution in [0.25, 0.3) is 0 Å². The molecular formula is C12H22N2O3. The molecule has 0 saturated heterocycles. The van der Waals surface area contributed by atoms with Gasteiger partial charge in [0.15, 0.2) is 0 Å². The van der Waals surface area contributed by atoms with Crippen molar-refractivity contribution in [3.05, 3.63) is 0 Å². The number of carboxylic acids is 1. The summed E-state index contributed by atoms with van der Waals surface area (Å²) in [5, 5.41) is 14.8. The molecule has 0 bridgehead atoms. The molecule has 1 fully saturated rings. The Bertz CT molecular complexity index is 277. The third-order valence-electron chi connectivity index (χ3n) is 2.91. The number of amides is 1. The molecule has 17 heavy (non-hydrogen) atoms. The highest BCUT2D eigenvalue weighted by Gasteiger charge is 2.27. The molecule has 0 heterocycles. The molecule has 1 rings (SSSR count). The maximum absolute atomic E-state index is 11.7. The van der Waals surface area contributed by atoms with Crippen LogP contribution in [0.5, 0.6) is 0 Å². The Labute approximate surface area is 102 Å². The smallest absolute Gasteiger partial charge is 0.320 e. The molecule has 0 aromatic carbocycles. The number of nitrogens with one attached hydrogen (secondary N) is 2. The van der Waals surface area contributed by atoms with Crippen LogP contribution in [-0.2, 0) is 9.59 Å². The number of carbonyl (C=O) groups is 2. The van der Waals surface area contributed by atoms with E-state index in [1.54, 1.807) is 6.92 Å². The van der Waals surface area contributed by atoms with E-state index in [1.165, 1.54) is 0 Å². The SMILES string of the molecule is CCCCC(NC(C)C(=O)NC1CC1)C(=O)O. The van der Waals surface area contributed by atoms with Crippen molar-refractivity contribution in [1.29, 1.82) is 0 Å². The molecule has 1 aliphatic rings. The molecule has 0 spiro atoms. The number of carboxylic acid groups (broad SMARTS) is 1. The third-order valence-corrected chi connectivity index (χ3v) is 2.91. The molecule has 3 N–H and O–H groups in total. The molecule has 0 aromatic heterocycles. The van der Waals surface area contributed by atoms with Gasteiger partial charge in [0.05, 0.1) is 6.04 Å². The average molecular weight is 242 g/mol. The summed E-state index contributed by atoms with van der Waals surface area (Å²) in [6, 6.07) is -0.769. The lowest BCUT2D eigenvalue weighted by Gasteiger charge is -2.19. The topological polar surface area (TPSA) is 78.4 Å². The van der Waals surface area contributed by atoms with Gasteiger partial charge in [-0.05, 0) is 26.2 Å². The van der Waals surface area contributed by atoms with Gasteiger partial charge in [-0.15, -0.1) is 0 Å². The Kier molecular flexibility index (Phi) is 5.41. The maximum atomic E-state index is 11.7. The number of rotatable bonds is 8. The van der Waals surface area contributed by atoms with Gasteiger partial charge >= 0.3 is 5.97 Å². The second-order valence-corrected chi connectivity index (χ2v) is 4.70. The van der Waals surface area contributed by atoms with Gasteiger partial charge in [0.25, 0.3) is 0 Å². The van der Waals surface area contributed by atoms with Crippen molar-refractivity contribution in [1.82, 2.24) is 10.6 Å². The Morgan fingerprint density at radius 1 is 1.41 bits per heavy atom. The van der Waals surface area contributed by atoms with E-state index in [4.69, 9.17) is 5.11 Å². The number of unbranched alkanes of at least 4 members (excludes halogenated alkanes) is 1. The fraction of sp³-hybridized carbons (Fsp3) is 0.833. The monoisotopic (exact) mass is 242 g/mol. The van der Waals surface area contributed by atoms with E-state index in [2.05, 4.69) is 10.6 Å². The van der Waals surface area contributed by atoms with Crippen molar-refractivity contribution in [2.24, 2.45) is 0 Å². The van der Waals surface area contributed by atoms with Crippen molar-refractivity contribution in [2.75, 3.05) is 0 Å². The van der Waals surface area contributed by atoms with Crippen LogP contribution in [0, 0.1) is 0 Å². The van der Waals surface area contributed by atoms with Crippen LogP contribution in [0.15, 0.2) is 0 Å². The minimum atomic E-state index is -0.885. The van der Waals surface area contributed by atoms with Gasteiger partial charge in [-0.2, -0.15) is 0 Å². The molecule has 1 amide bonds. The Morgan fingerprint density at radius 3 is 2.53 bits per heavy atom. The molecule has 5 heteroatoms. The number of aliphatic carboxylic acids is 1. The molecule has 1 aliphatic carbocycles. The summed E-state index contributed by atoms with van der Waals surface area (Å²) in [7, 11) is 0. The largest absolute Gasteiger partial charge is 0.480 e. The van der Waals surface area contributed by atoms with Gasteiger partial charge in [-0.3, -0.25) is 14.9 Å². The highest BCUT2D eigenvalue weighted by atomic mass is 16.4. The summed E-state index contributed by atoms with van der Waals surface area (Å²) in [6.07, 6.45) is 4.44. The summed E-state index contributed by atoms with van der Waals surface area (Å²) < 4.78 is 0. The molecule has 5 nitrogen and oxygen atoms in total. The van der Waals surface area contributed by atoms with E-state index in [0.29, 0.717) is 12.5 Å². The van der Waals surface area contributed by atoms with Crippen LogP contribution in [0.3, 0.4) is 0 Å².